The molecule has 0 atom stereocenters. The quantitative estimate of drug-likeness (QED) is 0.519. The van der Waals surface area contributed by atoms with Gasteiger partial charge in [0.1, 0.15) is 12.0 Å². The molecule has 1 rings (SSSR count). The number of hydrogen-bond donors (Lipinski definition) is 0. The molecule has 0 aliphatic rings. The average Bonchev–Trinajstić information content (AvgIpc) is 2.29. The van der Waals surface area contributed by atoms with Gasteiger partial charge in [0, 0.05) is 6.42 Å². The van der Waals surface area contributed by atoms with Crippen LogP contribution in [0.5, 0.6) is 5.75 Å². The van der Waals surface area contributed by atoms with E-state index in [1.54, 1.807) is 0 Å². The summed E-state index contributed by atoms with van der Waals surface area (Å²) in [6.45, 7) is 5.04. The van der Waals surface area contributed by atoms with Crippen molar-refractivity contribution in [2.75, 3.05) is 6.61 Å². The van der Waals surface area contributed by atoms with Crippen LogP contribution in [0.1, 0.15) is 44.6 Å². The zero-order valence-corrected chi connectivity index (χ0v) is 10.1. The van der Waals surface area contributed by atoms with E-state index in [0.717, 1.165) is 24.9 Å². The minimum Gasteiger partial charge on any atom is -0.494 e. The Bertz CT molecular complexity index is 301. The first-order chi connectivity index (χ1) is 7.74. The first-order valence-corrected chi connectivity index (χ1v) is 5.90. The van der Waals surface area contributed by atoms with Crippen LogP contribution < -0.4 is 4.74 Å². The summed E-state index contributed by atoms with van der Waals surface area (Å²) in [7, 11) is 0. The molecule has 0 heterocycles. The van der Waals surface area contributed by atoms with Gasteiger partial charge in [-0.1, -0.05) is 26.0 Å². The van der Waals surface area contributed by atoms with Gasteiger partial charge >= 0.3 is 0 Å². The van der Waals surface area contributed by atoms with Gasteiger partial charge in [-0.15, -0.1) is 0 Å². The SMILES string of the molecule is CC(C)c1ccc(OCCCCC=O)cc1. The van der Waals surface area contributed by atoms with Crippen LogP contribution in [0.25, 0.3) is 0 Å². The van der Waals surface area contributed by atoms with Crippen LogP contribution >= 0.6 is 0 Å². The molecule has 0 aliphatic heterocycles. The highest BCUT2D eigenvalue weighted by molar-refractivity contribution is 5.48. The number of benzene rings is 1. The molecule has 0 spiro atoms. The number of carbonyl (C=O) groups excluding carboxylic acids is 1. The minimum atomic E-state index is 0.557. The van der Waals surface area contributed by atoms with Crippen molar-refractivity contribution in [3.63, 3.8) is 0 Å². The Hall–Kier alpha value is -1.31. The number of rotatable bonds is 7. The summed E-state index contributed by atoms with van der Waals surface area (Å²) in [6.07, 6.45) is 3.44. The highest BCUT2D eigenvalue weighted by Crippen LogP contribution is 2.18. The highest BCUT2D eigenvalue weighted by Gasteiger charge is 1.99. The molecular formula is C14H20O2. The van der Waals surface area contributed by atoms with Crippen molar-refractivity contribution in [2.24, 2.45) is 0 Å². The molecule has 0 aliphatic carbocycles. The summed E-state index contributed by atoms with van der Waals surface area (Å²) in [5.41, 5.74) is 1.33. The van der Waals surface area contributed by atoms with Crippen molar-refractivity contribution < 1.29 is 9.53 Å². The molecule has 88 valence electrons. The van der Waals surface area contributed by atoms with E-state index in [9.17, 15) is 4.79 Å². The van der Waals surface area contributed by atoms with Crippen LogP contribution in [0.2, 0.25) is 0 Å². The lowest BCUT2D eigenvalue weighted by Crippen LogP contribution is -1.97. The van der Waals surface area contributed by atoms with Crippen LogP contribution in [0.3, 0.4) is 0 Å². The molecule has 0 unspecified atom stereocenters. The predicted molar refractivity (Wildman–Crippen MR) is 65.9 cm³/mol. The molecule has 2 nitrogen and oxygen atoms in total. The van der Waals surface area contributed by atoms with Gasteiger partial charge in [0.05, 0.1) is 6.61 Å². The smallest absolute Gasteiger partial charge is 0.119 e. The van der Waals surface area contributed by atoms with Gasteiger partial charge in [-0.05, 0) is 36.5 Å². The van der Waals surface area contributed by atoms with E-state index in [-0.39, 0.29) is 0 Å². The van der Waals surface area contributed by atoms with Crippen LogP contribution in [-0.2, 0) is 4.79 Å². The maximum atomic E-state index is 10.1. The Morgan fingerprint density at radius 1 is 1.19 bits per heavy atom. The van der Waals surface area contributed by atoms with Gasteiger partial charge < -0.3 is 9.53 Å². The molecule has 2 heteroatoms. The van der Waals surface area contributed by atoms with E-state index in [0.29, 0.717) is 18.9 Å². The zero-order chi connectivity index (χ0) is 11.8. The van der Waals surface area contributed by atoms with Gasteiger partial charge in [-0.2, -0.15) is 0 Å². The number of carbonyl (C=O) groups is 1. The molecule has 1 aromatic rings. The maximum absolute atomic E-state index is 10.1. The van der Waals surface area contributed by atoms with Gasteiger partial charge in [-0.25, -0.2) is 0 Å². The molecule has 0 saturated carbocycles. The lowest BCUT2D eigenvalue weighted by atomic mass is 10.0. The molecule has 0 bridgehead atoms. The molecular weight excluding hydrogens is 200 g/mol. The lowest BCUT2D eigenvalue weighted by Gasteiger charge is -2.08. The normalized spacial score (nSPS) is 10.4. The van der Waals surface area contributed by atoms with E-state index in [1.165, 1.54) is 5.56 Å². The van der Waals surface area contributed by atoms with Crippen LogP contribution in [0.4, 0.5) is 0 Å². The second-order valence-electron chi connectivity index (χ2n) is 4.23. The van der Waals surface area contributed by atoms with Gasteiger partial charge in [0.2, 0.25) is 0 Å². The third kappa shape index (κ3) is 4.47. The van der Waals surface area contributed by atoms with Gasteiger partial charge in [-0.3, -0.25) is 0 Å². The Morgan fingerprint density at radius 2 is 1.88 bits per heavy atom. The van der Waals surface area contributed by atoms with Crippen LogP contribution in [-0.4, -0.2) is 12.9 Å². The Balaban J connectivity index is 2.29. The zero-order valence-electron chi connectivity index (χ0n) is 10.1. The first kappa shape index (κ1) is 12.8. The number of hydrogen-bond acceptors (Lipinski definition) is 2. The monoisotopic (exact) mass is 220 g/mol. The maximum Gasteiger partial charge on any atom is 0.119 e. The minimum absolute atomic E-state index is 0.557. The van der Waals surface area contributed by atoms with E-state index >= 15 is 0 Å². The summed E-state index contributed by atoms with van der Waals surface area (Å²) >= 11 is 0. The molecule has 0 saturated heterocycles. The molecule has 0 fully saturated rings. The van der Waals surface area contributed by atoms with Crippen molar-refractivity contribution in [1.29, 1.82) is 0 Å². The second kappa shape index (κ2) is 7.04. The van der Waals surface area contributed by atoms with Crippen molar-refractivity contribution in [1.82, 2.24) is 0 Å². The van der Waals surface area contributed by atoms with E-state index in [4.69, 9.17) is 4.74 Å². The Morgan fingerprint density at radius 3 is 2.44 bits per heavy atom. The third-order valence-corrected chi connectivity index (χ3v) is 2.53. The van der Waals surface area contributed by atoms with Crippen molar-refractivity contribution in [2.45, 2.75) is 39.0 Å². The second-order valence-corrected chi connectivity index (χ2v) is 4.23. The fraction of sp³-hybridized carbons (Fsp3) is 0.500. The predicted octanol–water partition coefficient (Wildman–Crippen LogP) is 3.56. The topological polar surface area (TPSA) is 26.3 Å². The van der Waals surface area contributed by atoms with E-state index in [2.05, 4.69) is 26.0 Å². The summed E-state index contributed by atoms with van der Waals surface area (Å²) in [4.78, 5) is 10.1. The molecule has 0 aromatic heterocycles. The summed E-state index contributed by atoms with van der Waals surface area (Å²) in [6, 6.07) is 8.22. The first-order valence-electron chi connectivity index (χ1n) is 5.90. The highest BCUT2D eigenvalue weighted by atomic mass is 16.5. The molecule has 0 N–H and O–H groups in total. The molecule has 0 radical (unpaired) electrons. The lowest BCUT2D eigenvalue weighted by molar-refractivity contribution is -0.107. The van der Waals surface area contributed by atoms with E-state index in [1.807, 2.05) is 12.1 Å². The van der Waals surface area contributed by atoms with Crippen molar-refractivity contribution >= 4 is 6.29 Å². The summed E-state index contributed by atoms with van der Waals surface area (Å²) < 4.78 is 5.57. The fourth-order valence-corrected chi connectivity index (χ4v) is 1.47. The van der Waals surface area contributed by atoms with E-state index < -0.39 is 0 Å². The average molecular weight is 220 g/mol. The molecule has 16 heavy (non-hydrogen) atoms. The third-order valence-electron chi connectivity index (χ3n) is 2.53. The Kier molecular flexibility index (Phi) is 5.62. The largest absolute Gasteiger partial charge is 0.494 e. The standard InChI is InChI=1S/C14H20O2/c1-12(2)13-6-8-14(9-7-13)16-11-5-3-4-10-15/h6-10,12H,3-5,11H2,1-2H3. The summed E-state index contributed by atoms with van der Waals surface area (Å²) in [5, 5.41) is 0. The summed E-state index contributed by atoms with van der Waals surface area (Å²) in [5.74, 6) is 1.47. The van der Waals surface area contributed by atoms with Gasteiger partial charge in [0.25, 0.3) is 0 Å². The number of aldehydes is 1. The Labute approximate surface area is 97.6 Å². The number of ether oxygens (including phenoxy) is 1. The number of unbranched alkanes of at least 4 members (excludes halogenated alkanes) is 2. The molecule has 0 amide bonds. The molecule has 1 aromatic carbocycles. The van der Waals surface area contributed by atoms with Crippen LogP contribution in [0.15, 0.2) is 24.3 Å². The van der Waals surface area contributed by atoms with Gasteiger partial charge in [0.15, 0.2) is 0 Å². The van der Waals surface area contributed by atoms with Crippen LogP contribution in [0, 0.1) is 0 Å². The fourth-order valence-electron chi connectivity index (χ4n) is 1.47. The van der Waals surface area contributed by atoms with Crippen molar-refractivity contribution in [3.8, 4) is 5.75 Å². The van der Waals surface area contributed by atoms with Crippen molar-refractivity contribution in [3.05, 3.63) is 29.8 Å².